The molecule has 0 bridgehead atoms. The first-order chi connectivity index (χ1) is 13.3. The Morgan fingerprint density at radius 1 is 0.964 bits per heavy atom. The Balaban J connectivity index is 1.91. The topological polar surface area (TPSA) is 74.0 Å². The summed E-state index contributed by atoms with van der Waals surface area (Å²) in [7, 11) is 0. The first kappa shape index (κ1) is 19.2. The third-order valence-electron chi connectivity index (χ3n) is 3.98. The van der Waals surface area contributed by atoms with E-state index in [0.717, 1.165) is 6.07 Å². The van der Waals surface area contributed by atoms with Crippen molar-refractivity contribution in [2.24, 2.45) is 0 Å². The molecule has 1 amide bonds. The third kappa shape index (κ3) is 4.22. The van der Waals surface area contributed by atoms with Gasteiger partial charge < -0.3 is 15.6 Å². The molecule has 3 rings (SSSR count). The van der Waals surface area contributed by atoms with Crippen LogP contribution in [-0.4, -0.2) is 10.9 Å². The number of alkyl halides is 3. The molecule has 3 N–H and O–H groups in total. The first-order valence-corrected chi connectivity index (χ1v) is 8.28. The van der Waals surface area contributed by atoms with E-state index in [1.807, 2.05) is 0 Å². The monoisotopic (exact) mass is 387 g/mol. The van der Waals surface area contributed by atoms with Crippen LogP contribution in [0.3, 0.4) is 0 Å². The molecule has 1 heterocycles. The zero-order valence-electron chi connectivity index (χ0n) is 14.7. The van der Waals surface area contributed by atoms with Crippen molar-refractivity contribution in [3.05, 3.63) is 87.8 Å². The van der Waals surface area contributed by atoms with Gasteiger partial charge in [0.15, 0.2) is 5.43 Å². The summed E-state index contributed by atoms with van der Waals surface area (Å²) in [6.07, 6.45) is -3.24. The minimum Gasteiger partial charge on any atom is -0.364 e. The third-order valence-corrected chi connectivity index (χ3v) is 3.98. The quantitative estimate of drug-likeness (QED) is 0.608. The Labute approximate surface area is 158 Å². The van der Waals surface area contributed by atoms with Crippen LogP contribution in [0.15, 0.2) is 65.6 Å². The van der Waals surface area contributed by atoms with Gasteiger partial charge in [0, 0.05) is 18.0 Å². The van der Waals surface area contributed by atoms with E-state index in [0.29, 0.717) is 5.69 Å². The van der Waals surface area contributed by atoms with E-state index in [1.54, 1.807) is 19.1 Å². The van der Waals surface area contributed by atoms with E-state index in [4.69, 9.17) is 0 Å². The van der Waals surface area contributed by atoms with Crippen molar-refractivity contribution in [2.75, 3.05) is 10.6 Å². The molecule has 3 aromatic rings. The Hall–Kier alpha value is -3.55. The van der Waals surface area contributed by atoms with Crippen LogP contribution in [0, 0.1) is 6.92 Å². The van der Waals surface area contributed by atoms with Crippen molar-refractivity contribution in [2.45, 2.75) is 13.1 Å². The molecule has 28 heavy (non-hydrogen) atoms. The number of H-pyrrole nitrogens is 1. The number of hydrogen-bond donors (Lipinski definition) is 3. The average molecular weight is 387 g/mol. The molecule has 0 atom stereocenters. The minimum atomic E-state index is -4.53. The van der Waals surface area contributed by atoms with Gasteiger partial charge in [0.1, 0.15) is 5.56 Å². The first-order valence-electron chi connectivity index (χ1n) is 8.28. The van der Waals surface area contributed by atoms with Crippen LogP contribution in [0.2, 0.25) is 0 Å². The fraction of sp³-hybridized carbons (Fsp3) is 0.100. The summed E-state index contributed by atoms with van der Waals surface area (Å²) < 4.78 is 39.6. The SMILES string of the molecule is Cc1cc(=O)c(C(=O)Nc2ccccc2Nc2ccccc2C(F)(F)F)c[nH]1. The highest BCUT2D eigenvalue weighted by molar-refractivity contribution is 6.05. The fourth-order valence-corrected chi connectivity index (χ4v) is 2.63. The number of nitrogens with one attached hydrogen (secondary N) is 3. The number of amides is 1. The number of carbonyl (C=O) groups is 1. The second kappa shape index (κ2) is 7.59. The summed E-state index contributed by atoms with van der Waals surface area (Å²) in [5, 5.41) is 5.27. The maximum absolute atomic E-state index is 13.2. The molecular formula is C20H16F3N3O2. The van der Waals surface area contributed by atoms with E-state index in [1.165, 1.54) is 42.6 Å². The highest BCUT2D eigenvalue weighted by Crippen LogP contribution is 2.37. The van der Waals surface area contributed by atoms with E-state index < -0.39 is 23.1 Å². The smallest absolute Gasteiger partial charge is 0.364 e. The van der Waals surface area contributed by atoms with Crippen molar-refractivity contribution < 1.29 is 18.0 Å². The van der Waals surface area contributed by atoms with Crippen LogP contribution in [0.25, 0.3) is 0 Å². The predicted molar refractivity (Wildman–Crippen MR) is 101 cm³/mol. The number of halogens is 3. The van der Waals surface area contributed by atoms with E-state index in [-0.39, 0.29) is 22.6 Å². The highest BCUT2D eigenvalue weighted by Gasteiger charge is 2.33. The van der Waals surface area contributed by atoms with Crippen molar-refractivity contribution >= 4 is 23.0 Å². The number of benzene rings is 2. The molecule has 8 heteroatoms. The molecule has 0 saturated heterocycles. The maximum atomic E-state index is 13.2. The second-order valence-corrected chi connectivity index (χ2v) is 6.06. The second-order valence-electron chi connectivity index (χ2n) is 6.06. The van der Waals surface area contributed by atoms with E-state index >= 15 is 0 Å². The average Bonchev–Trinajstić information content (AvgIpc) is 2.63. The molecule has 2 aromatic carbocycles. The van der Waals surface area contributed by atoms with Crippen molar-refractivity contribution in [1.29, 1.82) is 0 Å². The van der Waals surface area contributed by atoms with Gasteiger partial charge in [0.25, 0.3) is 5.91 Å². The van der Waals surface area contributed by atoms with Gasteiger partial charge in [-0.1, -0.05) is 24.3 Å². The molecule has 1 aromatic heterocycles. The Bertz CT molecular complexity index is 1070. The normalized spacial score (nSPS) is 11.1. The molecule has 0 aliphatic heterocycles. The molecule has 0 aliphatic rings. The number of carbonyl (C=O) groups excluding carboxylic acids is 1. The summed E-state index contributed by atoms with van der Waals surface area (Å²) in [6, 6.07) is 12.6. The number of hydrogen-bond acceptors (Lipinski definition) is 3. The van der Waals surface area contributed by atoms with Gasteiger partial charge >= 0.3 is 6.18 Å². The van der Waals surface area contributed by atoms with Crippen molar-refractivity contribution in [1.82, 2.24) is 4.98 Å². The van der Waals surface area contributed by atoms with Gasteiger partial charge in [-0.2, -0.15) is 13.2 Å². The zero-order chi connectivity index (χ0) is 20.3. The van der Waals surface area contributed by atoms with Crippen LogP contribution in [0.4, 0.5) is 30.2 Å². The number of aromatic amines is 1. The molecule has 0 aliphatic carbocycles. The summed E-state index contributed by atoms with van der Waals surface area (Å²) >= 11 is 0. The number of para-hydroxylation sites is 3. The summed E-state index contributed by atoms with van der Waals surface area (Å²) in [4.78, 5) is 27.2. The molecule has 144 valence electrons. The van der Waals surface area contributed by atoms with Crippen LogP contribution < -0.4 is 16.1 Å². The number of rotatable bonds is 4. The lowest BCUT2D eigenvalue weighted by atomic mass is 10.1. The van der Waals surface area contributed by atoms with Crippen molar-refractivity contribution in [3.63, 3.8) is 0 Å². The molecule has 0 radical (unpaired) electrons. The lowest BCUT2D eigenvalue weighted by Gasteiger charge is -2.17. The Morgan fingerprint density at radius 3 is 2.21 bits per heavy atom. The Morgan fingerprint density at radius 2 is 1.57 bits per heavy atom. The van der Waals surface area contributed by atoms with Crippen LogP contribution in [-0.2, 0) is 6.18 Å². The van der Waals surface area contributed by atoms with Gasteiger partial charge in [-0.3, -0.25) is 9.59 Å². The molecule has 0 unspecified atom stereocenters. The van der Waals surface area contributed by atoms with Gasteiger partial charge in [-0.05, 0) is 31.2 Å². The number of anilines is 3. The standard InChI is InChI=1S/C20H16F3N3O2/c1-12-10-18(27)13(11-24-12)19(28)26-17-9-5-4-8-16(17)25-15-7-3-2-6-14(15)20(21,22)23/h2-11,25H,1H3,(H,24,27)(H,26,28). The van der Waals surface area contributed by atoms with E-state index in [9.17, 15) is 22.8 Å². The van der Waals surface area contributed by atoms with Gasteiger partial charge in [-0.15, -0.1) is 0 Å². The van der Waals surface area contributed by atoms with Gasteiger partial charge in [0.05, 0.1) is 22.6 Å². The lowest BCUT2D eigenvalue weighted by Crippen LogP contribution is -2.22. The predicted octanol–water partition coefficient (Wildman–Crippen LogP) is 4.70. The number of aryl methyl sites for hydroxylation is 1. The number of aromatic nitrogens is 1. The maximum Gasteiger partial charge on any atom is 0.418 e. The van der Waals surface area contributed by atoms with Crippen LogP contribution >= 0.6 is 0 Å². The summed E-state index contributed by atoms with van der Waals surface area (Å²) in [5.41, 5.74) is -0.429. The highest BCUT2D eigenvalue weighted by atomic mass is 19.4. The molecule has 5 nitrogen and oxygen atoms in total. The summed E-state index contributed by atoms with van der Waals surface area (Å²) in [6.45, 7) is 1.68. The minimum absolute atomic E-state index is 0.101. The zero-order valence-corrected chi connectivity index (χ0v) is 14.7. The molecule has 0 fully saturated rings. The molecular weight excluding hydrogens is 371 g/mol. The molecule has 0 spiro atoms. The largest absolute Gasteiger partial charge is 0.418 e. The van der Waals surface area contributed by atoms with Crippen molar-refractivity contribution in [3.8, 4) is 0 Å². The van der Waals surface area contributed by atoms with Crippen LogP contribution in [0.1, 0.15) is 21.6 Å². The Kier molecular flexibility index (Phi) is 5.21. The van der Waals surface area contributed by atoms with E-state index in [2.05, 4.69) is 15.6 Å². The summed E-state index contributed by atoms with van der Waals surface area (Å²) in [5.74, 6) is -0.667. The fourth-order valence-electron chi connectivity index (χ4n) is 2.63. The van der Waals surface area contributed by atoms with Gasteiger partial charge in [0.2, 0.25) is 0 Å². The number of pyridine rings is 1. The lowest BCUT2D eigenvalue weighted by molar-refractivity contribution is -0.136. The van der Waals surface area contributed by atoms with Gasteiger partial charge in [-0.25, -0.2) is 0 Å². The molecule has 0 saturated carbocycles. The van der Waals surface area contributed by atoms with Crippen LogP contribution in [0.5, 0.6) is 0 Å².